The van der Waals surface area contributed by atoms with Crippen molar-refractivity contribution in [3.05, 3.63) is 40.9 Å². The Morgan fingerprint density at radius 2 is 1.84 bits per heavy atom. The minimum Gasteiger partial charge on any atom is -0.507 e. The summed E-state index contributed by atoms with van der Waals surface area (Å²) in [5, 5.41) is 21.2. The second kappa shape index (κ2) is 9.79. The molecule has 0 bridgehead atoms. The summed E-state index contributed by atoms with van der Waals surface area (Å²) in [7, 11) is -3.72. The monoisotopic (exact) mass is 481 g/mol. The highest BCUT2D eigenvalue weighted by Gasteiger charge is 2.26. The maximum Gasteiger partial charge on any atom is 0.394 e. The number of amides is 1. The van der Waals surface area contributed by atoms with Gasteiger partial charge >= 0.3 is 11.9 Å². The third-order valence-corrected chi connectivity index (χ3v) is 7.54. The van der Waals surface area contributed by atoms with Crippen molar-refractivity contribution in [3.8, 4) is 17.2 Å². The topological polar surface area (TPSA) is 130 Å². The van der Waals surface area contributed by atoms with Gasteiger partial charge in [0.15, 0.2) is 9.84 Å². The van der Waals surface area contributed by atoms with E-state index in [1.54, 1.807) is 6.92 Å². The number of ether oxygens (including phenoxy) is 1. The molecule has 32 heavy (non-hydrogen) atoms. The summed E-state index contributed by atoms with van der Waals surface area (Å²) in [4.78, 5) is 21.9. The standard InChI is InChI=1S/C22H24ClNO7S/c1-13-9-15(24-21(26)22(27)28)10-17(23)20(13)31-16-7-8-18(25)19(11-16)32(29,30)12-14-5-3-2-4-6-14/h7-11,14,25H,2-6,12H2,1H3,(H,24,26)(H,27,28). The van der Waals surface area contributed by atoms with Crippen LogP contribution < -0.4 is 10.1 Å². The molecule has 0 atom stereocenters. The van der Waals surface area contributed by atoms with Gasteiger partial charge in [-0.2, -0.15) is 0 Å². The van der Waals surface area contributed by atoms with Gasteiger partial charge in [-0.15, -0.1) is 0 Å². The van der Waals surface area contributed by atoms with Crippen LogP contribution >= 0.6 is 11.6 Å². The minimum absolute atomic E-state index is 0.0260. The first-order valence-electron chi connectivity index (χ1n) is 10.1. The summed E-state index contributed by atoms with van der Waals surface area (Å²) in [6.45, 7) is 1.64. The summed E-state index contributed by atoms with van der Waals surface area (Å²) in [6.07, 6.45) is 4.85. The van der Waals surface area contributed by atoms with Crippen LogP contribution in [0.1, 0.15) is 37.7 Å². The van der Waals surface area contributed by atoms with Crippen LogP contribution in [0.2, 0.25) is 5.02 Å². The lowest BCUT2D eigenvalue weighted by Crippen LogP contribution is -2.21. The molecule has 3 N–H and O–H groups in total. The molecule has 10 heteroatoms. The van der Waals surface area contributed by atoms with Gasteiger partial charge in [-0.25, -0.2) is 13.2 Å². The first-order chi connectivity index (χ1) is 15.1. The number of nitrogens with one attached hydrogen (secondary N) is 1. The fraction of sp³-hybridized carbons (Fsp3) is 0.364. The van der Waals surface area contributed by atoms with Crippen molar-refractivity contribution >= 4 is 39.0 Å². The molecule has 172 valence electrons. The predicted octanol–water partition coefficient (Wildman–Crippen LogP) is 4.52. The molecule has 0 unspecified atom stereocenters. The molecule has 1 amide bonds. The van der Waals surface area contributed by atoms with Crippen molar-refractivity contribution < 1.29 is 33.0 Å². The lowest BCUT2D eigenvalue weighted by molar-refractivity contribution is -0.147. The van der Waals surface area contributed by atoms with E-state index < -0.39 is 21.7 Å². The van der Waals surface area contributed by atoms with Crippen LogP contribution in [0.15, 0.2) is 35.2 Å². The average molecular weight is 482 g/mol. The third kappa shape index (κ3) is 5.72. The van der Waals surface area contributed by atoms with Crippen molar-refractivity contribution in [2.45, 2.75) is 43.9 Å². The summed E-state index contributed by atoms with van der Waals surface area (Å²) in [6, 6.07) is 6.75. The molecule has 2 aromatic rings. The molecule has 1 fully saturated rings. The lowest BCUT2D eigenvalue weighted by Gasteiger charge is -2.21. The number of hydrogen-bond donors (Lipinski definition) is 3. The van der Waals surface area contributed by atoms with Gasteiger partial charge in [0.1, 0.15) is 22.1 Å². The maximum absolute atomic E-state index is 12.9. The number of aryl methyl sites for hydroxylation is 1. The van der Waals surface area contributed by atoms with E-state index in [1.807, 2.05) is 0 Å². The minimum atomic E-state index is -3.72. The quantitative estimate of drug-likeness (QED) is 0.517. The average Bonchev–Trinajstić information content (AvgIpc) is 2.72. The maximum atomic E-state index is 12.9. The van der Waals surface area contributed by atoms with Crippen LogP contribution in [0, 0.1) is 12.8 Å². The van der Waals surface area contributed by atoms with E-state index >= 15 is 0 Å². The van der Waals surface area contributed by atoms with E-state index in [1.165, 1.54) is 30.3 Å². The number of carbonyl (C=O) groups is 2. The SMILES string of the molecule is Cc1cc(NC(=O)C(=O)O)cc(Cl)c1Oc1ccc(O)c(S(=O)(=O)CC2CCCCC2)c1. The molecule has 0 heterocycles. The third-order valence-electron chi connectivity index (χ3n) is 5.35. The van der Waals surface area contributed by atoms with Gasteiger partial charge in [-0.1, -0.05) is 30.9 Å². The molecular weight excluding hydrogens is 458 g/mol. The Balaban J connectivity index is 1.84. The highest BCUT2D eigenvalue weighted by molar-refractivity contribution is 7.91. The van der Waals surface area contributed by atoms with Crippen LogP contribution in [0.3, 0.4) is 0 Å². The molecular formula is C22H24ClNO7S. The number of phenolic OH excluding ortho intramolecular Hbond substituents is 1. The Hall–Kier alpha value is -2.78. The summed E-state index contributed by atoms with van der Waals surface area (Å²) in [5.41, 5.74) is 0.659. The number of aromatic hydroxyl groups is 1. The Morgan fingerprint density at radius 1 is 1.16 bits per heavy atom. The second-order valence-corrected chi connectivity index (χ2v) is 10.3. The van der Waals surface area contributed by atoms with Gasteiger partial charge in [-0.3, -0.25) is 4.79 Å². The number of hydrogen-bond acceptors (Lipinski definition) is 6. The van der Waals surface area contributed by atoms with Gasteiger partial charge in [-0.05, 0) is 55.5 Å². The summed E-state index contributed by atoms with van der Waals surface area (Å²) in [5.74, 6) is -2.77. The first kappa shape index (κ1) is 23.9. The Morgan fingerprint density at radius 3 is 2.47 bits per heavy atom. The molecule has 8 nitrogen and oxygen atoms in total. The fourth-order valence-corrected chi connectivity index (χ4v) is 5.92. The molecule has 0 radical (unpaired) electrons. The van der Waals surface area contributed by atoms with Crippen molar-refractivity contribution in [2.24, 2.45) is 5.92 Å². The number of benzene rings is 2. The van der Waals surface area contributed by atoms with Gasteiger partial charge in [0.2, 0.25) is 0 Å². The van der Waals surface area contributed by atoms with Crippen molar-refractivity contribution in [1.82, 2.24) is 0 Å². The van der Waals surface area contributed by atoms with Crippen LogP contribution in [0.4, 0.5) is 5.69 Å². The molecule has 1 aliphatic carbocycles. The number of carbonyl (C=O) groups excluding carboxylic acids is 1. The zero-order chi connectivity index (χ0) is 23.5. The van der Waals surface area contributed by atoms with Crippen molar-refractivity contribution in [2.75, 3.05) is 11.1 Å². The normalized spacial score (nSPS) is 14.7. The molecule has 0 saturated heterocycles. The van der Waals surface area contributed by atoms with Crippen LogP contribution in [-0.2, 0) is 19.4 Å². The molecule has 3 rings (SSSR count). The zero-order valence-corrected chi connectivity index (χ0v) is 19.0. The van der Waals surface area contributed by atoms with E-state index in [0.29, 0.717) is 5.56 Å². The lowest BCUT2D eigenvalue weighted by atomic mass is 9.91. The van der Waals surface area contributed by atoms with E-state index in [4.69, 9.17) is 21.4 Å². The number of rotatable bonds is 6. The number of aliphatic carboxylic acids is 1. The predicted molar refractivity (Wildman–Crippen MR) is 119 cm³/mol. The molecule has 1 saturated carbocycles. The summed E-state index contributed by atoms with van der Waals surface area (Å²) >= 11 is 6.25. The molecule has 0 spiro atoms. The number of sulfone groups is 1. The molecule has 0 aromatic heterocycles. The van der Waals surface area contributed by atoms with Gasteiger partial charge in [0.05, 0.1) is 10.8 Å². The second-order valence-electron chi connectivity index (χ2n) is 7.88. The number of anilines is 1. The van der Waals surface area contributed by atoms with E-state index in [9.17, 15) is 23.1 Å². The Kier molecular flexibility index (Phi) is 7.30. The van der Waals surface area contributed by atoms with Crippen LogP contribution in [-0.4, -0.2) is 36.3 Å². The van der Waals surface area contributed by atoms with E-state index in [-0.39, 0.29) is 44.5 Å². The van der Waals surface area contributed by atoms with Gasteiger partial charge in [0.25, 0.3) is 0 Å². The highest BCUT2D eigenvalue weighted by Crippen LogP contribution is 2.38. The van der Waals surface area contributed by atoms with E-state index in [2.05, 4.69) is 5.32 Å². The van der Waals surface area contributed by atoms with Crippen LogP contribution in [0.25, 0.3) is 0 Å². The van der Waals surface area contributed by atoms with Crippen molar-refractivity contribution in [3.63, 3.8) is 0 Å². The summed E-state index contributed by atoms with van der Waals surface area (Å²) < 4.78 is 31.7. The molecule has 2 aromatic carbocycles. The largest absolute Gasteiger partial charge is 0.507 e. The van der Waals surface area contributed by atoms with Gasteiger partial charge < -0.3 is 20.3 Å². The molecule has 1 aliphatic rings. The number of carboxylic acids is 1. The number of halogens is 1. The smallest absolute Gasteiger partial charge is 0.394 e. The van der Waals surface area contributed by atoms with Crippen molar-refractivity contribution in [1.29, 1.82) is 0 Å². The first-order valence-corrected chi connectivity index (χ1v) is 12.2. The highest BCUT2D eigenvalue weighted by atomic mass is 35.5. The molecule has 0 aliphatic heterocycles. The number of phenols is 1. The fourth-order valence-electron chi connectivity index (χ4n) is 3.80. The Bertz CT molecular complexity index is 1120. The van der Waals surface area contributed by atoms with Crippen LogP contribution in [0.5, 0.6) is 17.2 Å². The Labute approximate surface area is 191 Å². The van der Waals surface area contributed by atoms with Gasteiger partial charge in [0, 0.05) is 11.8 Å². The number of carboxylic acid groups (broad SMARTS) is 1. The van der Waals surface area contributed by atoms with E-state index in [0.717, 1.165) is 32.1 Å². The zero-order valence-electron chi connectivity index (χ0n) is 17.4.